The molecule has 0 heterocycles. The molecule has 0 saturated heterocycles. The molecule has 0 bridgehead atoms. The molecule has 1 N–H and O–H groups in total. The first-order chi connectivity index (χ1) is 9.56. The van der Waals surface area contributed by atoms with Crippen molar-refractivity contribution in [2.45, 2.75) is 50.1 Å². The van der Waals surface area contributed by atoms with Crippen LogP contribution in [0.15, 0.2) is 24.3 Å². The van der Waals surface area contributed by atoms with Gasteiger partial charge in [0.1, 0.15) is 5.75 Å². The molecule has 1 aromatic rings. The Labute approximate surface area is 129 Å². The Bertz CT molecular complexity index is 467. The Kier molecular flexibility index (Phi) is 5.55. The topological polar surface area (TPSA) is 38.3 Å². The van der Waals surface area contributed by atoms with Crippen LogP contribution in [0.2, 0.25) is 5.02 Å². The number of alkyl halides is 1. The van der Waals surface area contributed by atoms with Gasteiger partial charge >= 0.3 is 0 Å². The molecule has 3 unspecified atom stereocenters. The number of benzene rings is 1. The zero-order chi connectivity index (χ0) is 14.5. The summed E-state index contributed by atoms with van der Waals surface area (Å²) < 4.78 is 5.59. The van der Waals surface area contributed by atoms with Gasteiger partial charge in [-0.05, 0) is 38.0 Å². The highest BCUT2D eigenvalue weighted by Crippen LogP contribution is 2.23. The Balaban J connectivity index is 1.88. The third kappa shape index (κ3) is 4.29. The summed E-state index contributed by atoms with van der Waals surface area (Å²) in [4.78, 5) is 12.1. The molecule has 0 aliphatic heterocycles. The quantitative estimate of drug-likeness (QED) is 0.859. The van der Waals surface area contributed by atoms with Crippen LogP contribution >= 0.6 is 23.2 Å². The normalized spacial score (nSPS) is 23.9. The summed E-state index contributed by atoms with van der Waals surface area (Å²) in [5, 5.41) is 3.58. The lowest BCUT2D eigenvalue weighted by Gasteiger charge is -2.29. The summed E-state index contributed by atoms with van der Waals surface area (Å²) in [6.07, 6.45) is 3.56. The van der Waals surface area contributed by atoms with Gasteiger partial charge in [0.25, 0.3) is 5.91 Å². The lowest BCUT2D eigenvalue weighted by atomic mass is 9.95. The number of ether oxygens (including phenoxy) is 1. The van der Waals surface area contributed by atoms with Crippen LogP contribution in [0.4, 0.5) is 0 Å². The van der Waals surface area contributed by atoms with Crippen molar-refractivity contribution in [2.75, 3.05) is 0 Å². The molecule has 5 heteroatoms. The number of amides is 1. The second kappa shape index (κ2) is 7.19. The lowest BCUT2D eigenvalue weighted by molar-refractivity contribution is -0.128. The summed E-state index contributed by atoms with van der Waals surface area (Å²) >= 11 is 12.1. The molecule has 1 aliphatic carbocycles. The van der Waals surface area contributed by atoms with E-state index in [2.05, 4.69) is 5.32 Å². The van der Waals surface area contributed by atoms with Crippen LogP contribution in [-0.2, 0) is 4.79 Å². The molecule has 110 valence electrons. The molecule has 0 aromatic heterocycles. The van der Waals surface area contributed by atoms with Crippen molar-refractivity contribution in [3.8, 4) is 5.75 Å². The highest BCUT2D eigenvalue weighted by atomic mass is 35.5. The van der Waals surface area contributed by atoms with E-state index in [9.17, 15) is 4.79 Å². The van der Waals surface area contributed by atoms with Gasteiger partial charge in [-0.2, -0.15) is 0 Å². The van der Waals surface area contributed by atoms with E-state index in [1.165, 1.54) is 0 Å². The maximum Gasteiger partial charge on any atom is 0.261 e. The van der Waals surface area contributed by atoms with Crippen LogP contribution < -0.4 is 10.1 Å². The lowest BCUT2D eigenvalue weighted by Crippen LogP contribution is -2.47. The third-order valence-corrected chi connectivity index (χ3v) is 4.24. The highest BCUT2D eigenvalue weighted by Gasteiger charge is 2.26. The number of carbonyl (C=O) groups excluding carboxylic acids is 1. The van der Waals surface area contributed by atoms with Gasteiger partial charge in [-0.3, -0.25) is 4.79 Å². The van der Waals surface area contributed by atoms with Gasteiger partial charge < -0.3 is 10.1 Å². The molecule has 3 atom stereocenters. The summed E-state index contributed by atoms with van der Waals surface area (Å²) in [6, 6.07) is 7.07. The smallest absolute Gasteiger partial charge is 0.261 e. The van der Waals surface area contributed by atoms with Crippen molar-refractivity contribution in [1.82, 2.24) is 5.32 Å². The van der Waals surface area contributed by atoms with Crippen LogP contribution in [0, 0.1) is 0 Å². The third-order valence-electron chi connectivity index (χ3n) is 3.49. The number of rotatable bonds is 4. The maximum absolute atomic E-state index is 12.1. The predicted octanol–water partition coefficient (Wildman–Crippen LogP) is 3.77. The molecule has 20 heavy (non-hydrogen) atoms. The zero-order valence-corrected chi connectivity index (χ0v) is 13.0. The predicted molar refractivity (Wildman–Crippen MR) is 81.6 cm³/mol. The van der Waals surface area contributed by atoms with E-state index in [4.69, 9.17) is 27.9 Å². The largest absolute Gasteiger partial charge is 0.481 e. The van der Waals surface area contributed by atoms with E-state index in [-0.39, 0.29) is 17.3 Å². The van der Waals surface area contributed by atoms with Crippen molar-refractivity contribution in [3.05, 3.63) is 29.3 Å². The van der Waals surface area contributed by atoms with E-state index in [1.54, 1.807) is 31.2 Å². The minimum Gasteiger partial charge on any atom is -0.481 e. The minimum atomic E-state index is -0.570. The number of hydrogen-bond donors (Lipinski definition) is 1. The van der Waals surface area contributed by atoms with Gasteiger partial charge in [-0.1, -0.05) is 30.5 Å². The van der Waals surface area contributed by atoms with Crippen molar-refractivity contribution in [3.63, 3.8) is 0 Å². The van der Waals surface area contributed by atoms with Gasteiger partial charge in [0.15, 0.2) is 6.10 Å². The fourth-order valence-corrected chi connectivity index (χ4v) is 2.87. The fourth-order valence-electron chi connectivity index (χ4n) is 2.35. The first-order valence-corrected chi connectivity index (χ1v) is 7.74. The van der Waals surface area contributed by atoms with E-state index >= 15 is 0 Å². The van der Waals surface area contributed by atoms with Crippen LogP contribution in [0.25, 0.3) is 0 Å². The first kappa shape index (κ1) is 15.5. The number of halogens is 2. The fraction of sp³-hybridized carbons (Fsp3) is 0.533. The number of carbonyl (C=O) groups is 1. The molecule has 1 saturated carbocycles. The average molecular weight is 316 g/mol. The number of nitrogens with one attached hydrogen (secondary N) is 1. The number of hydrogen-bond acceptors (Lipinski definition) is 2. The zero-order valence-electron chi connectivity index (χ0n) is 11.4. The molecule has 2 rings (SSSR count). The van der Waals surface area contributed by atoms with E-state index in [1.807, 2.05) is 0 Å². The Hall–Kier alpha value is -0.930. The maximum atomic E-state index is 12.1. The van der Waals surface area contributed by atoms with Gasteiger partial charge in [0.2, 0.25) is 0 Å². The van der Waals surface area contributed by atoms with Crippen molar-refractivity contribution in [2.24, 2.45) is 0 Å². The Morgan fingerprint density at radius 3 is 2.85 bits per heavy atom. The SMILES string of the molecule is CC(Oc1cccc(Cl)c1)C(=O)NC1CCCCC1Cl. The molecule has 0 radical (unpaired) electrons. The van der Waals surface area contributed by atoms with E-state index < -0.39 is 6.10 Å². The molecule has 1 aliphatic rings. The van der Waals surface area contributed by atoms with Crippen molar-refractivity contribution in [1.29, 1.82) is 0 Å². The monoisotopic (exact) mass is 315 g/mol. The summed E-state index contributed by atoms with van der Waals surface area (Å²) in [5.74, 6) is 0.453. The van der Waals surface area contributed by atoms with Crippen LogP contribution in [-0.4, -0.2) is 23.4 Å². The molecule has 1 amide bonds. The molecular weight excluding hydrogens is 297 g/mol. The summed E-state index contributed by atoms with van der Waals surface area (Å²) in [5.41, 5.74) is 0. The van der Waals surface area contributed by atoms with Crippen molar-refractivity contribution < 1.29 is 9.53 Å². The average Bonchev–Trinajstić information content (AvgIpc) is 2.41. The summed E-state index contributed by atoms with van der Waals surface area (Å²) in [7, 11) is 0. The molecular formula is C15H19Cl2NO2. The molecule has 0 spiro atoms. The molecule has 1 aromatic carbocycles. The molecule has 1 fully saturated rings. The van der Waals surface area contributed by atoms with Crippen molar-refractivity contribution >= 4 is 29.1 Å². The Morgan fingerprint density at radius 1 is 1.40 bits per heavy atom. The van der Waals surface area contributed by atoms with Gasteiger partial charge in [0.05, 0.1) is 5.38 Å². The second-order valence-corrected chi connectivity index (χ2v) is 6.13. The second-order valence-electron chi connectivity index (χ2n) is 5.13. The summed E-state index contributed by atoms with van der Waals surface area (Å²) in [6.45, 7) is 1.72. The van der Waals surface area contributed by atoms with E-state index in [0.29, 0.717) is 10.8 Å². The van der Waals surface area contributed by atoms with Gasteiger partial charge in [0, 0.05) is 11.1 Å². The van der Waals surface area contributed by atoms with Crippen LogP contribution in [0.1, 0.15) is 32.6 Å². The van der Waals surface area contributed by atoms with Crippen LogP contribution in [0.5, 0.6) is 5.75 Å². The van der Waals surface area contributed by atoms with E-state index in [0.717, 1.165) is 25.7 Å². The van der Waals surface area contributed by atoms with Gasteiger partial charge in [-0.25, -0.2) is 0 Å². The van der Waals surface area contributed by atoms with Gasteiger partial charge in [-0.15, -0.1) is 11.6 Å². The Morgan fingerprint density at radius 2 is 2.15 bits per heavy atom. The highest BCUT2D eigenvalue weighted by molar-refractivity contribution is 6.30. The standard InChI is InChI=1S/C15H19Cl2NO2/c1-10(20-12-6-4-5-11(16)9-12)15(19)18-14-8-3-2-7-13(14)17/h4-6,9-10,13-14H,2-3,7-8H2,1H3,(H,18,19). The first-order valence-electron chi connectivity index (χ1n) is 6.93. The van der Waals surface area contributed by atoms with Crippen LogP contribution in [0.3, 0.4) is 0 Å². The molecule has 3 nitrogen and oxygen atoms in total. The minimum absolute atomic E-state index is 0.0195.